The first-order valence-corrected chi connectivity index (χ1v) is 11.2. The first-order valence-electron chi connectivity index (χ1n) is 11.2. The number of rotatable bonds is 9. The molecule has 2 atom stereocenters. The van der Waals surface area contributed by atoms with Crippen LogP contribution >= 0.6 is 0 Å². The zero-order chi connectivity index (χ0) is 21.8. The van der Waals surface area contributed by atoms with Crippen molar-refractivity contribution in [2.24, 2.45) is 0 Å². The van der Waals surface area contributed by atoms with Gasteiger partial charge in [0, 0.05) is 16.2 Å². The quantitative estimate of drug-likeness (QED) is 0.365. The molecule has 5 heteroatoms. The van der Waals surface area contributed by atoms with Gasteiger partial charge in [-0.1, -0.05) is 45.9 Å². The highest BCUT2D eigenvalue weighted by atomic mass is 16.5. The number of ether oxygens (including phenoxy) is 1. The van der Waals surface area contributed by atoms with Gasteiger partial charge in [0.25, 0.3) is 5.56 Å². The van der Waals surface area contributed by atoms with Gasteiger partial charge in [-0.3, -0.25) is 19.2 Å². The average Bonchev–Trinajstić information content (AvgIpc) is 2.75. The number of hydrogen-bond donors (Lipinski definition) is 0. The zero-order valence-electron chi connectivity index (χ0n) is 19.2. The molecule has 1 heterocycles. The Kier molecular flexibility index (Phi) is 7.16. The largest absolute Gasteiger partial charge is 0.475 e. The van der Waals surface area contributed by atoms with Crippen molar-refractivity contribution >= 4 is 21.7 Å². The summed E-state index contributed by atoms with van der Waals surface area (Å²) in [4.78, 5) is 18.1. The van der Waals surface area contributed by atoms with Crippen molar-refractivity contribution < 1.29 is 4.74 Å². The highest BCUT2D eigenvalue weighted by molar-refractivity contribution is 6.06. The molecular weight excluding hydrogens is 374 g/mol. The predicted molar refractivity (Wildman–Crippen MR) is 126 cm³/mol. The summed E-state index contributed by atoms with van der Waals surface area (Å²) in [6, 6.07) is 14.0. The summed E-state index contributed by atoms with van der Waals surface area (Å²) in [7, 11) is 0. The van der Waals surface area contributed by atoms with Crippen LogP contribution in [0.5, 0.6) is 5.75 Å². The Labute approximate surface area is 179 Å². The molecule has 0 saturated carbocycles. The highest BCUT2D eigenvalue weighted by Gasteiger charge is 2.19. The van der Waals surface area contributed by atoms with Crippen molar-refractivity contribution in [2.75, 3.05) is 26.2 Å². The molecule has 0 saturated heterocycles. The van der Waals surface area contributed by atoms with E-state index in [9.17, 15) is 4.79 Å². The minimum Gasteiger partial charge on any atom is -0.475 e. The van der Waals surface area contributed by atoms with Crippen molar-refractivity contribution in [1.29, 1.82) is 0 Å². The third kappa shape index (κ3) is 4.09. The second kappa shape index (κ2) is 9.63. The lowest BCUT2D eigenvalue weighted by molar-refractivity contribution is 0.0482. The predicted octanol–water partition coefficient (Wildman–Crippen LogP) is 5.08. The number of nitrogens with zero attached hydrogens (tertiary/aromatic N) is 3. The second-order valence-electron chi connectivity index (χ2n) is 7.69. The standard InChI is InChI=1S/C25H35N3O2/c1-7-26(8-2)18(5)28-24-14-12-11-13-21(24)23-17-20(15-16-22(23)25(28)29)30-19(6)27(9-3)10-4/h11-19H,7-10H2,1-6H3. The molecule has 0 aliphatic rings. The minimum absolute atomic E-state index is 0.0135. The van der Waals surface area contributed by atoms with Gasteiger partial charge in [0.1, 0.15) is 12.0 Å². The molecule has 3 aromatic rings. The Hall–Kier alpha value is -2.37. The average molecular weight is 410 g/mol. The molecule has 0 fully saturated rings. The van der Waals surface area contributed by atoms with Crippen LogP contribution in [-0.2, 0) is 0 Å². The summed E-state index contributed by atoms with van der Waals surface area (Å²) in [5, 5.41) is 2.76. The van der Waals surface area contributed by atoms with E-state index in [1.165, 1.54) is 0 Å². The second-order valence-corrected chi connectivity index (χ2v) is 7.69. The summed E-state index contributed by atoms with van der Waals surface area (Å²) in [6.45, 7) is 16.4. The van der Waals surface area contributed by atoms with E-state index in [4.69, 9.17) is 4.74 Å². The third-order valence-electron chi connectivity index (χ3n) is 6.24. The Morgan fingerprint density at radius 2 is 1.47 bits per heavy atom. The van der Waals surface area contributed by atoms with E-state index in [0.717, 1.165) is 53.6 Å². The van der Waals surface area contributed by atoms with Crippen LogP contribution in [0.2, 0.25) is 0 Å². The number of hydrogen-bond acceptors (Lipinski definition) is 4. The molecule has 30 heavy (non-hydrogen) atoms. The van der Waals surface area contributed by atoms with Crippen LogP contribution < -0.4 is 10.3 Å². The van der Waals surface area contributed by atoms with Crippen molar-refractivity contribution in [3.63, 3.8) is 0 Å². The molecule has 1 aromatic heterocycles. The molecule has 0 amide bonds. The maximum absolute atomic E-state index is 13.5. The molecule has 0 aliphatic heterocycles. The van der Waals surface area contributed by atoms with E-state index < -0.39 is 0 Å². The molecule has 0 N–H and O–H groups in total. The summed E-state index contributed by atoms with van der Waals surface area (Å²) in [5.41, 5.74) is 1.01. The Balaban J connectivity index is 2.17. The van der Waals surface area contributed by atoms with Crippen LogP contribution in [0.1, 0.15) is 47.7 Å². The van der Waals surface area contributed by atoms with Gasteiger partial charge in [-0.05, 0) is 64.3 Å². The summed E-state index contributed by atoms with van der Waals surface area (Å²) in [6.07, 6.45) is -0.0350. The monoisotopic (exact) mass is 409 g/mol. The van der Waals surface area contributed by atoms with Gasteiger partial charge in [-0.25, -0.2) is 0 Å². The summed E-state index contributed by atoms with van der Waals surface area (Å²) in [5.74, 6) is 0.793. The van der Waals surface area contributed by atoms with Crippen LogP contribution in [0.4, 0.5) is 0 Å². The van der Waals surface area contributed by atoms with Crippen LogP contribution in [-0.4, -0.2) is 46.8 Å². The molecule has 2 aromatic carbocycles. The van der Waals surface area contributed by atoms with Gasteiger partial charge in [0.05, 0.1) is 11.7 Å². The van der Waals surface area contributed by atoms with Gasteiger partial charge in [-0.15, -0.1) is 0 Å². The smallest absolute Gasteiger partial charge is 0.260 e. The van der Waals surface area contributed by atoms with Gasteiger partial charge in [-0.2, -0.15) is 0 Å². The van der Waals surface area contributed by atoms with Crippen molar-refractivity contribution in [2.45, 2.75) is 53.9 Å². The molecule has 0 bridgehead atoms. The first-order chi connectivity index (χ1) is 14.5. The summed E-state index contributed by atoms with van der Waals surface area (Å²) < 4.78 is 8.15. The maximum Gasteiger partial charge on any atom is 0.260 e. The molecule has 0 spiro atoms. The van der Waals surface area contributed by atoms with Crippen LogP contribution in [0.3, 0.4) is 0 Å². The molecule has 0 radical (unpaired) electrons. The first kappa shape index (κ1) is 22.3. The molecule has 2 unspecified atom stereocenters. The molecular formula is C25H35N3O2. The Bertz CT molecular complexity index is 1050. The molecule has 5 nitrogen and oxygen atoms in total. The fourth-order valence-electron chi connectivity index (χ4n) is 4.45. The number of aromatic nitrogens is 1. The maximum atomic E-state index is 13.5. The summed E-state index contributed by atoms with van der Waals surface area (Å²) >= 11 is 0. The van der Waals surface area contributed by atoms with E-state index in [0.29, 0.717) is 0 Å². The molecule has 3 rings (SSSR count). The third-order valence-corrected chi connectivity index (χ3v) is 6.24. The highest BCUT2D eigenvalue weighted by Crippen LogP contribution is 2.29. The normalized spacial score (nSPS) is 14.0. The van der Waals surface area contributed by atoms with Crippen molar-refractivity contribution in [1.82, 2.24) is 14.4 Å². The van der Waals surface area contributed by atoms with Crippen LogP contribution in [0.25, 0.3) is 21.7 Å². The lowest BCUT2D eigenvalue weighted by Crippen LogP contribution is -2.37. The SMILES string of the molecule is CCN(CC)C(C)Oc1ccc2c(=O)n(C(C)N(CC)CC)c3ccccc3c2c1. The van der Waals surface area contributed by atoms with Crippen molar-refractivity contribution in [3.8, 4) is 5.75 Å². The van der Waals surface area contributed by atoms with E-state index in [1.807, 2.05) is 41.0 Å². The molecule has 0 aliphatic carbocycles. The lowest BCUT2D eigenvalue weighted by Gasteiger charge is -2.30. The van der Waals surface area contributed by atoms with Gasteiger partial charge in [0.15, 0.2) is 0 Å². The Morgan fingerprint density at radius 1 is 0.833 bits per heavy atom. The lowest BCUT2D eigenvalue weighted by atomic mass is 10.1. The number of pyridine rings is 1. The minimum atomic E-state index is -0.0215. The van der Waals surface area contributed by atoms with Gasteiger partial charge >= 0.3 is 0 Å². The van der Waals surface area contributed by atoms with E-state index in [1.54, 1.807) is 0 Å². The number of benzene rings is 2. The van der Waals surface area contributed by atoms with E-state index in [2.05, 4.69) is 57.4 Å². The molecule has 162 valence electrons. The topological polar surface area (TPSA) is 37.7 Å². The zero-order valence-corrected chi connectivity index (χ0v) is 19.2. The van der Waals surface area contributed by atoms with Crippen LogP contribution in [0.15, 0.2) is 47.3 Å². The number of fused-ring (bicyclic) bond motifs is 3. The van der Waals surface area contributed by atoms with Gasteiger partial charge in [0.2, 0.25) is 0 Å². The Morgan fingerprint density at radius 3 is 2.10 bits per heavy atom. The van der Waals surface area contributed by atoms with Gasteiger partial charge < -0.3 is 4.74 Å². The fourth-order valence-corrected chi connectivity index (χ4v) is 4.45. The number of para-hydroxylation sites is 1. The van der Waals surface area contributed by atoms with Crippen LogP contribution in [0, 0.1) is 0 Å². The fraction of sp³-hybridized carbons (Fsp3) is 0.480. The van der Waals surface area contributed by atoms with Crippen molar-refractivity contribution in [3.05, 3.63) is 52.8 Å². The van der Waals surface area contributed by atoms with E-state index >= 15 is 0 Å². The van der Waals surface area contributed by atoms with E-state index in [-0.39, 0.29) is 18.0 Å².